The summed E-state index contributed by atoms with van der Waals surface area (Å²) in [4.78, 5) is 11.4. The molecule has 3 rings (SSSR count). The van der Waals surface area contributed by atoms with E-state index in [2.05, 4.69) is 0 Å². The number of sulfone groups is 1. The molecule has 1 saturated heterocycles. The lowest BCUT2D eigenvalue weighted by molar-refractivity contribution is -0.384. The minimum absolute atomic E-state index is 0.128. The fourth-order valence-corrected chi connectivity index (χ4v) is 3.45. The van der Waals surface area contributed by atoms with E-state index in [1.54, 1.807) is 17.0 Å². The second-order valence-electron chi connectivity index (χ2n) is 5.53. The Labute approximate surface area is 147 Å². The topological polar surface area (TPSA) is 103 Å². The quantitative estimate of drug-likeness (QED) is 0.573. The molecule has 1 atom stereocenters. The maximum absolute atomic E-state index is 12.7. The Balaban J connectivity index is 1.95. The molecule has 1 aromatic heterocycles. The van der Waals surface area contributed by atoms with E-state index in [0.29, 0.717) is 18.4 Å². The molecule has 1 aromatic carbocycles. The molecule has 1 unspecified atom stereocenters. The molecule has 0 amide bonds. The summed E-state index contributed by atoms with van der Waals surface area (Å²) in [5, 5.41) is 11.4. The predicted molar refractivity (Wildman–Crippen MR) is 85.9 cm³/mol. The van der Waals surface area contributed by atoms with Gasteiger partial charge >= 0.3 is 5.76 Å². The van der Waals surface area contributed by atoms with Crippen LogP contribution in [0.4, 0.5) is 20.2 Å². The van der Waals surface area contributed by atoms with Crippen molar-refractivity contribution in [3.63, 3.8) is 0 Å². The van der Waals surface area contributed by atoms with Crippen molar-refractivity contribution >= 4 is 21.2 Å². The van der Waals surface area contributed by atoms with Gasteiger partial charge in [0, 0.05) is 12.6 Å². The molecule has 0 spiro atoms. The molecule has 0 radical (unpaired) electrons. The fraction of sp³-hybridized carbons (Fsp3) is 0.333. The molecule has 0 saturated carbocycles. The van der Waals surface area contributed by atoms with Gasteiger partial charge < -0.3 is 14.1 Å². The molecule has 0 bridgehead atoms. The number of ether oxygens (including phenoxy) is 1. The number of nitro benzene ring substituents is 1. The summed E-state index contributed by atoms with van der Waals surface area (Å²) in [7, 11) is -4.92. The minimum atomic E-state index is -4.92. The van der Waals surface area contributed by atoms with E-state index in [1.165, 1.54) is 6.26 Å². The number of morpholine rings is 1. The average molecular weight is 388 g/mol. The highest BCUT2D eigenvalue weighted by atomic mass is 32.2. The van der Waals surface area contributed by atoms with Gasteiger partial charge in [-0.3, -0.25) is 10.1 Å². The van der Waals surface area contributed by atoms with Crippen LogP contribution in [0, 0.1) is 10.1 Å². The second kappa shape index (κ2) is 7.00. The van der Waals surface area contributed by atoms with Crippen molar-refractivity contribution < 1.29 is 31.3 Å². The molecule has 1 aliphatic rings. The highest BCUT2D eigenvalue weighted by Crippen LogP contribution is 2.35. The number of halogens is 2. The van der Waals surface area contributed by atoms with Crippen LogP contribution in [0.25, 0.3) is 0 Å². The first-order valence-corrected chi connectivity index (χ1v) is 9.06. The van der Waals surface area contributed by atoms with E-state index >= 15 is 0 Å². The molecular formula is C15H14F2N2O6S. The van der Waals surface area contributed by atoms with Gasteiger partial charge in [-0.1, -0.05) is 0 Å². The van der Waals surface area contributed by atoms with Crippen LogP contribution in [-0.4, -0.2) is 38.8 Å². The first-order chi connectivity index (χ1) is 12.3. The van der Waals surface area contributed by atoms with Crippen molar-refractivity contribution in [2.24, 2.45) is 0 Å². The summed E-state index contributed by atoms with van der Waals surface area (Å²) >= 11 is 0. The third-order valence-electron chi connectivity index (χ3n) is 3.97. The molecule has 2 heterocycles. The summed E-state index contributed by atoms with van der Waals surface area (Å²) in [6.07, 6.45) is 1.02. The molecule has 8 nitrogen and oxygen atoms in total. The number of hydrogen-bond acceptors (Lipinski definition) is 7. The normalized spacial score (nSPS) is 18.3. The number of anilines is 1. The lowest BCUT2D eigenvalue weighted by Crippen LogP contribution is -2.38. The van der Waals surface area contributed by atoms with E-state index < -0.39 is 37.2 Å². The van der Waals surface area contributed by atoms with E-state index in [1.807, 2.05) is 0 Å². The highest BCUT2D eigenvalue weighted by molar-refractivity contribution is 7.91. The number of hydrogen-bond donors (Lipinski definition) is 0. The monoisotopic (exact) mass is 388 g/mol. The molecule has 0 aliphatic carbocycles. The average Bonchev–Trinajstić information content (AvgIpc) is 3.16. The molecular weight excluding hydrogens is 374 g/mol. The Morgan fingerprint density at radius 1 is 1.31 bits per heavy atom. The van der Waals surface area contributed by atoms with Crippen molar-refractivity contribution in [3.05, 3.63) is 52.5 Å². The molecule has 1 fully saturated rings. The number of rotatable bonds is 5. The van der Waals surface area contributed by atoms with Crippen molar-refractivity contribution in [2.45, 2.75) is 16.8 Å². The first kappa shape index (κ1) is 18.3. The minimum Gasteiger partial charge on any atom is -0.467 e. The van der Waals surface area contributed by atoms with Crippen molar-refractivity contribution in [1.82, 2.24) is 0 Å². The van der Waals surface area contributed by atoms with Crippen LogP contribution in [0.5, 0.6) is 0 Å². The number of benzene rings is 1. The number of alkyl halides is 2. The molecule has 26 heavy (non-hydrogen) atoms. The van der Waals surface area contributed by atoms with Gasteiger partial charge in [-0.05, 0) is 24.3 Å². The van der Waals surface area contributed by atoms with Crippen LogP contribution >= 0.6 is 0 Å². The van der Waals surface area contributed by atoms with Crippen molar-refractivity contribution in [2.75, 3.05) is 24.6 Å². The van der Waals surface area contributed by atoms with Gasteiger partial charge in [-0.15, -0.1) is 0 Å². The lowest BCUT2D eigenvalue weighted by atomic mass is 10.1. The lowest BCUT2D eigenvalue weighted by Gasteiger charge is -2.33. The second-order valence-corrected chi connectivity index (χ2v) is 7.45. The SMILES string of the molecule is O=[N+]([O-])c1cc(S(=O)(=O)C(F)F)ccc1N1CCOC(c2ccco2)C1. The van der Waals surface area contributed by atoms with Crippen LogP contribution in [-0.2, 0) is 14.6 Å². The standard InChI is InChI=1S/C15H14F2N2O6S/c16-15(17)26(22,23)10-3-4-11(12(8-10)19(20)21)18-5-7-25-14(9-18)13-2-1-6-24-13/h1-4,6,8,14-15H,5,7,9H2. The first-order valence-electron chi connectivity index (χ1n) is 7.51. The van der Waals surface area contributed by atoms with E-state index in [9.17, 15) is 27.3 Å². The van der Waals surface area contributed by atoms with Gasteiger partial charge in [0.25, 0.3) is 5.69 Å². The van der Waals surface area contributed by atoms with Crippen LogP contribution in [0.2, 0.25) is 0 Å². The largest absolute Gasteiger partial charge is 0.467 e. The van der Waals surface area contributed by atoms with E-state index in [0.717, 1.165) is 12.1 Å². The zero-order valence-corrected chi connectivity index (χ0v) is 14.1. The Bertz CT molecular complexity index is 901. The van der Waals surface area contributed by atoms with Gasteiger partial charge in [-0.25, -0.2) is 8.42 Å². The highest BCUT2D eigenvalue weighted by Gasteiger charge is 2.32. The van der Waals surface area contributed by atoms with Crippen LogP contribution in [0.3, 0.4) is 0 Å². The van der Waals surface area contributed by atoms with Crippen LogP contribution in [0.15, 0.2) is 45.9 Å². The fourth-order valence-electron chi connectivity index (χ4n) is 2.71. The molecule has 0 N–H and O–H groups in total. The zero-order chi connectivity index (χ0) is 18.9. The molecule has 1 aliphatic heterocycles. The number of nitro groups is 1. The van der Waals surface area contributed by atoms with Crippen LogP contribution < -0.4 is 4.90 Å². The van der Waals surface area contributed by atoms with Crippen molar-refractivity contribution in [3.8, 4) is 0 Å². The smallest absolute Gasteiger partial charge is 0.341 e. The van der Waals surface area contributed by atoms with Gasteiger partial charge in [0.1, 0.15) is 17.6 Å². The van der Waals surface area contributed by atoms with E-state index in [-0.39, 0.29) is 18.8 Å². The maximum Gasteiger partial charge on any atom is 0.341 e. The summed E-state index contributed by atoms with van der Waals surface area (Å²) in [6, 6.07) is 6.16. The predicted octanol–water partition coefficient (Wildman–Crippen LogP) is 2.76. The summed E-state index contributed by atoms with van der Waals surface area (Å²) < 4.78 is 59.4. The van der Waals surface area contributed by atoms with Gasteiger partial charge in [0.2, 0.25) is 9.84 Å². The van der Waals surface area contributed by atoms with Gasteiger partial charge in [-0.2, -0.15) is 8.78 Å². The summed E-state index contributed by atoms with van der Waals surface area (Å²) in [5.41, 5.74) is -0.435. The molecule has 11 heteroatoms. The Morgan fingerprint density at radius 3 is 2.69 bits per heavy atom. The maximum atomic E-state index is 12.7. The Hall–Kier alpha value is -2.53. The van der Waals surface area contributed by atoms with Gasteiger partial charge in [0.15, 0.2) is 0 Å². The number of furan rings is 1. The van der Waals surface area contributed by atoms with E-state index in [4.69, 9.17) is 9.15 Å². The zero-order valence-electron chi connectivity index (χ0n) is 13.2. The molecule has 2 aromatic rings. The van der Waals surface area contributed by atoms with Gasteiger partial charge in [0.05, 0.1) is 29.2 Å². The molecule has 140 valence electrons. The third-order valence-corrected chi connectivity index (χ3v) is 5.35. The Kier molecular flexibility index (Phi) is 4.92. The third kappa shape index (κ3) is 3.40. The number of nitrogens with zero attached hydrogens (tertiary/aromatic N) is 2. The summed E-state index contributed by atoms with van der Waals surface area (Å²) in [5.74, 6) is -3.10. The Morgan fingerprint density at radius 2 is 2.08 bits per heavy atom. The summed E-state index contributed by atoms with van der Waals surface area (Å²) in [6.45, 7) is 0.813. The van der Waals surface area contributed by atoms with Crippen LogP contribution in [0.1, 0.15) is 11.9 Å². The van der Waals surface area contributed by atoms with Crippen molar-refractivity contribution in [1.29, 1.82) is 0 Å².